The molecule has 3 aliphatic rings. The van der Waals surface area contributed by atoms with Crippen molar-refractivity contribution in [3.63, 3.8) is 0 Å². The van der Waals surface area contributed by atoms with E-state index in [9.17, 15) is 5.11 Å². The first-order valence-corrected chi connectivity index (χ1v) is 8.37. The number of fused-ring (bicyclic) bond motifs is 4. The molecule has 1 aromatic rings. The summed E-state index contributed by atoms with van der Waals surface area (Å²) >= 11 is 0. The van der Waals surface area contributed by atoms with Crippen molar-refractivity contribution in [2.75, 3.05) is 7.11 Å². The van der Waals surface area contributed by atoms with Crippen LogP contribution in [0, 0.1) is 18.3 Å². The van der Waals surface area contributed by atoms with E-state index < -0.39 is 0 Å². The molecule has 0 aromatic heterocycles. The van der Waals surface area contributed by atoms with E-state index in [4.69, 9.17) is 4.74 Å². The van der Waals surface area contributed by atoms with Crippen LogP contribution in [0.5, 0.6) is 5.75 Å². The fourth-order valence-electron chi connectivity index (χ4n) is 5.53. The molecule has 4 rings (SSSR count). The van der Waals surface area contributed by atoms with Crippen molar-refractivity contribution in [2.24, 2.45) is 11.3 Å². The molecule has 0 heterocycles. The minimum Gasteiger partial charge on any atom is -0.496 e. The van der Waals surface area contributed by atoms with Crippen molar-refractivity contribution in [1.82, 2.24) is 0 Å². The molecule has 1 unspecified atom stereocenters. The zero-order valence-corrected chi connectivity index (χ0v) is 13.4. The lowest BCUT2D eigenvalue weighted by Crippen LogP contribution is -2.50. The van der Waals surface area contributed by atoms with Gasteiger partial charge < -0.3 is 9.84 Å². The summed E-state index contributed by atoms with van der Waals surface area (Å²) in [7, 11) is 1.77. The van der Waals surface area contributed by atoms with Crippen LogP contribution in [-0.2, 0) is 11.8 Å². The standard InChI is InChI=1S/C19H26O2/c1-12-10-13-4-5-16-18(2,14(13)11-15(12)21-3)7-6-17(20)19(16)8-9-19/h10-11,16-17,20H,4-9H2,1-3H3/t16?,17-,18-/m1/s1. The Balaban J connectivity index is 1.84. The lowest BCUT2D eigenvalue weighted by atomic mass is 9.52. The molecule has 2 nitrogen and oxygen atoms in total. The Morgan fingerprint density at radius 3 is 2.62 bits per heavy atom. The van der Waals surface area contributed by atoms with E-state index in [1.54, 1.807) is 7.11 Å². The van der Waals surface area contributed by atoms with Crippen LogP contribution in [-0.4, -0.2) is 18.3 Å². The third kappa shape index (κ3) is 1.69. The number of aryl methyl sites for hydroxylation is 2. The second kappa shape index (κ2) is 4.25. The number of hydrogen-bond donors (Lipinski definition) is 1. The molecule has 2 saturated carbocycles. The van der Waals surface area contributed by atoms with E-state index in [1.165, 1.54) is 36.0 Å². The molecule has 1 spiro atoms. The van der Waals surface area contributed by atoms with Crippen LogP contribution in [0.15, 0.2) is 12.1 Å². The quantitative estimate of drug-likeness (QED) is 0.852. The zero-order chi connectivity index (χ0) is 14.8. The summed E-state index contributed by atoms with van der Waals surface area (Å²) in [6.45, 7) is 4.58. The van der Waals surface area contributed by atoms with Gasteiger partial charge in [-0.1, -0.05) is 13.0 Å². The molecule has 0 radical (unpaired) electrons. The number of benzene rings is 1. The molecule has 2 heteroatoms. The van der Waals surface area contributed by atoms with Crippen LogP contribution in [0.4, 0.5) is 0 Å². The summed E-state index contributed by atoms with van der Waals surface area (Å²) in [4.78, 5) is 0. The fourth-order valence-corrected chi connectivity index (χ4v) is 5.53. The van der Waals surface area contributed by atoms with Gasteiger partial charge >= 0.3 is 0 Å². The van der Waals surface area contributed by atoms with Crippen molar-refractivity contribution in [3.05, 3.63) is 28.8 Å². The number of aliphatic hydroxyl groups is 1. The molecule has 0 bridgehead atoms. The molecule has 3 aliphatic carbocycles. The molecule has 0 amide bonds. The van der Waals surface area contributed by atoms with Gasteiger partial charge in [0.15, 0.2) is 0 Å². The number of hydrogen-bond acceptors (Lipinski definition) is 2. The number of methoxy groups -OCH3 is 1. The monoisotopic (exact) mass is 286 g/mol. The summed E-state index contributed by atoms with van der Waals surface area (Å²) in [6.07, 6.45) is 6.87. The van der Waals surface area contributed by atoms with Crippen LogP contribution in [0.3, 0.4) is 0 Å². The van der Waals surface area contributed by atoms with Gasteiger partial charge in [0.2, 0.25) is 0 Å². The summed E-state index contributed by atoms with van der Waals surface area (Å²) in [5.74, 6) is 1.67. The highest BCUT2D eigenvalue weighted by molar-refractivity contribution is 5.48. The highest BCUT2D eigenvalue weighted by Crippen LogP contribution is 2.67. The predicted molar refractivity (Wildman–Crippen MR) is 83.8 cm³/mol. The number of ether oxygens (including phenoxy) is 1. The van der Waals surface area contributed by atoms with Gasteiger partial charge in [-0.15, -0.1) is 0 Å². The van der Waals surface area contributed by atoms with Gasteiger partial charge in [0, 0.05) is 5.41 Å². The summed E-state index contributed by atoms with van der Waals surface area (Å²) < 4.78 is 5.58. The second-order valence-corrected chi connectivity index (χ2v) is 7.78. The van der Waals surface area contributed by atoms with Crippen LogP contribution in [0.2, 0.25) is 0 Å². The van der Waals surface area contributed by atoms with Gasteiger partial charge in [-0.3, -0.25) is 0 Å². The zero-order valence-electron chi connectivity index (χ0n) is 13.4. The lowest BCUT2D eigenvalue weighted by molar-refractivity contribution is -0.0335. The van der Waals surface area contributed by atoms with E-state index in [-0.39, 0.29) is 16.9 Å². The minimum atomic E-state index is -0.0653. The van der Waals surface area contributed by atoms with E-state index >= 15 is 0 Å². The molecule has 0 saturated heterocycles. The van der Waals surface area contributed by atoms with Gasteiger partial charge in [0.1, 0.15) is 5.75 Å². The highest BCUT2D eigenvalue weighted by atomic mass is 16.5. The summed E-state index contributed by atoms with van der Waals surface area (Å²) in [6, 6.07) is 4.63. The molecule has 0 aliphatic heterocycles. The van der Waals surface area contributed by atoms with Crippen molar-refractivity contribution in [2.45, 2.75) is 63.9 Å². The SMILES string of the molecule is COc1cc2c(cc1C)CCC1C3(CC3)[C@H](O)CC[C@]21C. The normalized spacial score (nSPS) is 36.0. The molecule has 21 heavy (non-hydrogen) atoms. The highest BCUT2D eigenvalue weighted by Gasteiger charge is 2.63. The molecule has 114 valence electrons. The first-order chi connectivity index (χ1) is 10.0. The van der Waals surface area contributed by atoms with E-state index in [0.29, 0.717) is 5.92 Å². The van der Waals surface area contributed by atoms with Gasteiger partial charge in [-0.05, 0) is 79.5 Å². The first-order valence-electron chi connectivity index (χ1n) is 8.37. The van der Waals surface area contributed by atoms with Gasteiger partial charge in [-0.25, -0.2) is 0 Å². The molecule has 3 atom stereocenters. The third-order valence-corrected chi connectivity index (χ3v) is 6.83. The van der Waals surface area contributed by atoms with E-state index in [2.05, 4.69) is 26.0 Å². The second-order valence-electron chi connectivity index (χ2n) is 7.78. The predicted octanol–water partition coefficient (Wildman–Crippen LogP) is 3.76. The Bertz CT molecular complexity index is 587. The van der Waals surface area contributed by atoms with Crippen LogP contribution in [0.25, 0.3) is 0 Å². The maximum Gasteiger partial charge on any atom is 0.122 e. The summed E-state index contributed by atoms with van der Waals surface area (Å²) in [5.41, 5.74) is 4.72. The van der Waals surface area contributed by atoms with Crippen molar-refractivity contribution in [1.29, 1.82) is 0 Å². The maximum atomic E-state index is 10.5. The Morgan fingerprint density at radius 2 is 1.95 bits per heavy atom. The Labute approximate surface area is 127 Å². The lowest BCUT2D eigenvalue weighted by Gasteiger charge is -2.53. The first kappa shape index (κ1) is 13.6. The van der Waals surface area contributed by atoms with Crippen LogP contribution >= 0.6 is 0 Å². The third-order valence-electron chi connectivity index (χ3n) is 6.83. The molecule has 1 aromatic carbocycles. The topological polar surface area (TPSA) is 29.5 Å². The van der Waals surface area contributed by atoms with Crippen molar-refractivity contribution < 1.29 is 9.84 Å². The largest absolute Gasteiger partial charge is 0.496 e. The van der Waals surface area contributed by atoms with Crippen molar-refractivity contribution in [3.8, 4) is 5.75 Å². The van der Waals surface area contributed by atoms with Crippen LogP contribution < -0.4 is 4.74 Å². The average Bonchev–Trinajstić information content (AvgIpc) is 3.25. The average molecular weight is 286 g/mol. The molecule has 2 fully saturated rings. The molecular weight excluding hydrogens is 260 g/mol. The maximum absolute atomic E-state index is 10.5. The Kier molecular flexibility index (Phi) is 2.76. The van der Waals surface area contributed by atoms with Gasteiger partial charge in [0.25, 0.3) is 0 Å². The van der Waals surface area contributed by atoms with Crippen LogP contribution in [0.1, 0.15) is 55.7 Å². The minimum absolute atomic E-state index is 0.0653. The Morgan fingerprint density at radius 1 is 1.19 bits per heavy atom. The number of rotatable bonds is 1. The van der Waals surface area contributed by atoms with Crippen molar-refractivity contribution >= 4 is 0 Å². The number of aliphatic hydroxyl groups excluding tert-OH is 1. The molecular formula is C19H26O2. The van der Waals surface area contributed by atoms with E-state index in [1.807, 2.05) is 0 Å². The Hall–Kier alpha value is -1.02. The smallest absolute Gasteiger partial charge is 0.122 e. The summed E-state index contributed by atoms with van der Waals surface area (Å²) in [5, 5.41) is 10.5. The van der Waals surface area contributed by atoms with Gasteiger partial charge in [0.05, 0.1) is 13.2 Å². The van der Waals surface area contributed by atoms with E-state index in [0.717, 1.165) is 25.0 Å². The fraction of sp³-hybridized carbons (Fsp3) is 0.684. The molecule has 1 N–H and O–H groups in total. The van der Waals surface area contributed by atoms with Gasteiger partial charge in [-0.2, -0.15) is 0 Å².